The summed E-state index contributed by atoms with van der Waals surface area (Å²) in [6, 6.07) is 10.5. The van der Waals surface area contributed by atoms with E-state index in [1.807, 2.05) is 4.90 Å². The lowest BCUT2D eigenvalue weighted by atomic mass is 9.96. The van der Waals surface area contributed by atoms with Crippen LogP contribution in [-0.2, 0) is 4.79 Å². The zero-order valence-corrected chi connectivity index (χ0v) is 18.3. The third-order valence-electron chi connectivity index (χ3n) is 5.85. The van der Waals surface area contributed by atoms with Crippen molar-refractivity contribution in [1.29, 1.82) is 0 Å². The molecule has 156 valence electrons. The number of hydrogen-bond donors (Lipinski definition) is 0. The van der Waals surface area contributed by atoms with E-state index in [0.717, 1.165) is 68.9 Å². The molecule has 5 heteroatoms. The lowest BCUT2D eigenvalue weighted by molar-refractivity contribution is -0.136. The van der Waals surface area contributed by atoms with Crippen molar-refractivity contribution in [2.45, 2.75) is 53.4 Å². The Morgan fingerprint density at radius 2 is 1.66 bits per heavy atom. The smallest absolute Gasteiger partial charge is 0.225 e. The predicted octanol–water partition coefficient (Wildman–Crippen LogP) is 4.63. The summed E-state index contributed by atoms with van der Waals surface area (Å²) >= 11 is 0. The van der Waals surface area contributed by atoms with Gasteiger partial charge >= 0.3 is 0 Å². The second-order valence-electron chi connectivity index (χ2n) is 8.18. The van der Waals surface area contributed by atoms with Crippen molar-refractivity contribution in [3.05, 3.63) is 41.5 Å². The number of aromatic nitrogens is 2. The van der Waals surface area contributed by atoms with Crippen LogP contribution in [0.15, 0.2) is 30.3 Å². The SMILES string of the molecule is CCCC(CCC)C(=O)N1CCN(c2ccc(-c3ccc(C)cc3C)nn2)CC1. The minimum atomic E-state index is 0.188. The van der Waals surface area contributed by atoms with Gasteiger partial charge in [-0.15, -0.1) is 10.2 Å². The molecule has 1 saturated heterocycles. The lowest BCUT2D eigenvalue weighted by Gasteiger charge is -2.36. The van der Waals surface area contributed by atoms with E-state index in [1.165, 1.54) is 11.1 Å². The first kappa shape index (κ1) is 21.3. The first-order valence-corrected chi connectivity index (χ1v) is 11.0. The maximum Gasteiger partial charge on any atom is 0.225 e. The van der Waals surface area contributed by atoms with Crippen molar-refractivity contribution in [2.24, 2.45) is 5.92 Å². The van der Waals surface area contributed by atoms with Gasteiger partial charge in [-0.3, -0.25) is 4.79 Å². The van der Waals surface area contributed by atoms with Crippen LogP contribution in [0.2, 0.25) is 0 Å². The van der Waals surface area contributed by atoms with Gasteiger partial charge in [-0.2, -0.15) is 0 Å². The van der Waals surface area contributed by atoms with E-state index in [2.05, 4.69) is 73.1 Å². The van der Waals surface area contributed by atoms with Gasteiger partial charge in [-0.05, 0) is 44.4 Å². The maximum absolute atomic E-state index is 12.9. The Kier molecular flexibility index (Phi) is 7.24. The number of rotatable bonds is 7. The highest BCUT2D eigenvalue weighted by atomic mass is 16.2. The van der Waals surface area contributed by atoms with E-state index < -0.39 is 0 Å². The molecule has 0 aliphatic carbocycles. The van der Waals surface area contributed by atoms with Crippen molar-refractivity contribution in [3.63, 3.8) is 0 Å². The van der Waals surface area contributed by atoms with Crippen LogP contribution in [0.5, 0.6) is 0 Å². The molecule has 1 fully saturated rings. The summed E-state index contributed by atoms with van der Waals surface area (Å²) in [4.78, 5) is 17.1. The molecular formula is C24H34N4O. The maximum atomic E-state index is 12.9. The molecule has 1 aliphatic heterocycles. The molecule has 5 nitrogen and oxygen atoms in total. The highest BCUT2D eigenvalue weighted by molar-refractivity contribution is 5.79. The number of carbonyl (C=O) groups is 1. The fourth-order valence-electron chi connectivity index (χ4n) is 4.24. The van der Waals surface area contributed by atoms with Gasteiger partial charge in [0, 0.05) is 37.7 Å². The summed E-state index contributed by atoms with van der Waals surface area (Å²) in [5.41, 5.74) is 4.50. The largest absolute Gasteiger partial charge is 0.352 e. The van der Waals surface area contributed by atoms with Crippen molar-refractivity contribution < 1.29 is 4.79 Å². The van der Waals surface area contributed by atoms with E-state index in [4.69, 9.17) is 0 Å². The van der Waals surface area contributed by atoms with E-state index in [-0.39, 0.29) is 5.92 Å². The Bertz CT molecular complexity index is 804. The number of anilines is 1. The van der Waals surface area contributed by atoms with E-state index >= 15 is 0 Å². The van der Waals surface area contributed by atoms with Gasteiger partial charge in [0.2, 0.25) is 5.91 Å². The quantitative estimate of drug-likeness (QED) is 0.687. The summed E-state index contributed by atoms with van der Waals surface area (Å²) < 4.78 is 0. The summed E-state index contributed by atoms with van der Waals surface area (Å²) in [5, 5.41) is 8.95. The Balaban J connectivity index is 1.61. The molecule has 0 radical (unpaired) electrons. The summed E-state index contributed by atoms with van der Waals surface area (Å²) in [6.07, 6.45) is 4.13. The van der Waals surface area contributed by atoms with Crippen LogP contribution < -0.4 is 4.90 Å². The number of amides is 1. The van der Waals surface area contributed by atoms with E-state index in [9.17, 15) is 4.79 Å². The first-order chi connectivity index (χ1) is 14.0. The number of piperazine rings is 1. The Labute approximate surface area is 175 Å². The predicted molar refractivity (Wildman–Crippen MR) is 119 cm³/mol. The number of hydrogen-bond acceptors (Lipinski definition) is 4. The van der Waals surface area contributed by atoms with Crippen molar-refractivity contribution in [3.8, 4) is 11.3 Å². The van der Waals surface area contributed by atoms with Crippen LogP contribution in [0.3, 0.4) is 0 Å². The highest BCUT2D eigenvalue weighted by Crippen LogP contribution is 2.24. The van der Waals surface area contributed by atoms with Gasteiger partial charge in [0.25, 0.3) is 0 Å². The summed E-state index contributed by atoms with van der Waals surface area (Å²) in [5.74, 6) is 1.42. The Hall–Kier alpha value is -2.43. The molecule has 3 rings (SSSR count). The molecular weight excluding hydrogens is 360 g/mol. The molecule has 1 aliphatic rings. The first-order valence-electron chi connectivity index (χ1n) is 11.0. The normalized spacial score (nSPS) is 14.5. The Morgan fingerprint density at radius 1 is 0.966 bits per heavy atom. The van der Waals surface area contributed by atoms with Crippen LogP contribution in [-0.4, -0.2) is 47.2 Å². The minimum Gasteiger partial charge on any atom is -0.352 e. The second-order valence-corrected chi connectivity index (χ2v) is 8.18. The molecule has 0 N–H and O–H groups in total. The van der Waals surface area contributed by atoms with Crippen molar-refractivity contribution in [1.82, 2.24) is 15.1 Å². The molecule has 1 amide bonds. The summed E-state index contributed by atoms with van der Waals surface area (Å²) in [7, 11) is 0. The molecule has 0 unspecified atom stereocenters. The van der Waals surface area contributed by atoms with Gasteiger partial charge in [0.05, 0.1) is 5.69 Å². The molecule has 2 aromatic rings. The van der Waals surface area contributed by atoms with Gasteiger partial charge < -0.3 is 9.80 Å². The molecule has 1 aromatic heterocycles. The van der Waals surface area contributed by atoms with Crippen LogP contribution in [0.4, 0.5) is 5.82 Å². The lowest BCUT2D eigenvalue weighted by Crippen LogP contribution is -2.50. The zero-order valence-electron chi connectivity index (χ0n) is 18.3. The fourth-order valence-corrected chi connectivity index (χ4v) is 4.24. The van der Waals surface area contributed by atoms with Crippen molar-refractivity contribution >= 4 is 11.7 Å². The highest BCUT2D eigenvalue weighted by Gasteiger charge is 2.27. The molecule has 0 bridgehead atoms. The average molecular weight is 395 g/mol. The van der Waals surface area contributed by atoms with Crippen LogP contribution in [0.1, 0.15) is 50.7 Å². The third kappa shape index (κ3) is 5.14. The van der Waals surface area contributed by atoms with Crippen LogP contribution in [0.25, 0.3) is 11.3 Å². The number of benzene rings is 1. The minimum absolute atomic E-state index is 0.188. The molecule has 2 heterocycles. The molecule has 0 spiro atoms. The Morgan fingerprint density at radius 3 is 2.21 bits per heavy atom. The number of carbonyl (C=O) groups excluding carboxylic acids is 1. The van der Waals surface area contributed by atoms with E-state index in [0.29, 0.717) is 5.91 Å². The van der Waals surface area contributed by atoms with Gasteiger partial charge in [0.1, 0.15) is 0 Å². The van der Waals surface area contributed by atoms with Crippen molar-refractivity contribution in [2.75, 3.05) is 31.1 Å². The average Bonchev–Trinajstić information content (AvgIpc) is 2.73. The zero-order chi connectivity index (χ0) is 20.8. The van der Waals surface area contributed by atoms with Crippen LogP contribution >= 0.6 is 0 Å². The van der Waals surface area contributed by atoms with Gasteiger partial charge in [-0.1, -0.05) is 50.5 Å². The number of aryl methyl sites for hydroxylation is 2. The monoisotopic (exact) mass is 394 g/mol. The molecule has 29 heavy (non-hydrogen) atoms. The van der Waals surface area contributed by atoms with Gasteiger partial charge in [-0.25, -0.2) is 0 Å². The molecule has 1 aromatic carbocycles. The standard InChI is InChI=1S/C24H34N4O/c1-5-7-20(8-6-2)24(29)28-15-13-27(14-16-28)23-12-11-22(25-26-23)21-10-9-18(3)17-19(21)4/h9-12,17,20H,5-8,13-16H2,1-4H3. The topological polar surface area (TPSA) is 49.3 Å². The molecule has 0 atom stereocenters. The summed E-state index contributed by atoms with van der Waals surface area (Å²) in [6.45, 7) is 11.7. The number of nitrogens with zero attached hydrogens (tertiary/aromatic N) is 4. The second kappa shape index (κ2) is 9.86. The van der Waals surface area contributed by atoms with Crippen LogP contribution in [0, 0.1) is 19.8 Å². The third-order valence-corrected chi connectivity index (χ3v) is 5.85. The van der Waals surface area contributed by atoms with E-state index in [1.54, 1.807) is 0 Å². The molecule has 0 saturated carbocycles. The fraction of sp³-hybridized carbons (Fsp3) is 0.542. The van der Waals surface area contributed by atoms with Gasteiger partial charge in [0.15, 0.2) is 5.82 Å².